The van der Waals surface area contributed by atoms with Crippen molar-refractivity contribution in [1.29, 1.82) is 0 Å². The van der Waals surface area contributed by atoms with Crippen LogP contribution in [0.1, 0.15) is 40.8 Å². The minimum atomic E-state index is -0.864. The number of thiophene rings is 1. The van der Waals surface area contributed by atoms with E-state index in [9.17, 15) is 9.90 Å². The molecule has 0 unspecified atom stereocenters. The minimum absolute atomic E-state index is 0.304. The van der Waals surface area contributed by atoms with Gasteiger partial charge in [-0.1, -0.05) is 32.0 Å². The monoisotopic (exact) mass is 300 g/mol. The van der Waals surface area contributed by atoms with Crippen molar-refractivity contribution in [2.24, 2.45) is 0 Å². The normalized spacial score (nSPS) is 11.4. The molecule has 0 bridgehead atoms. The smallest absolute Gasteiger partial charge is 0.346 e. The first kappa shape index (κ1) is 13.8. The van der Waals surface area contributed by atoms with E-state index in [1.165, 1.54) is 11.3 Å². The Kier molecular flexibility index (Phi) is 3.51. The van der Waals surface area contributed by atoms with E-state index >= 15 is 0 Å². The Morgan fingerprint density at radius 3 is 2.86 bits per heavy atom. The summed E-state index contributed by atoms with van der Waals surface area (Å²) in [7, 11) is 0. The summed E-state index contributed by atoms with van der Waals surface area (Å²) in [6, 6.07) is 7.83. The molecule has 3 rings (SSSR count). The topological polar surface area (TPSA) is 55.1 Å². The van der Waals surface area contributed by atoms with E-state index in [2.05, 4.69) is 18.8 Å². The lowest BCUT2D eigenvalue weighted by Crippen LogP contribution is -2.08. The number of carboxylic acid groups (broad SMARTS) is 1. The third-order valence-electron chi connectivity index (χ3n) is 3.49. The lowest BCUT2D eigenvalue weighted by molar-refractivity contribution is 0.0701. The highest BCUT2D eigenvalue weighted by atomic mass is 32.1. The molecule has 0 fully saturated rings. The zero-order valence-electron chi connectivity index (χ0n) is 11.9. The van der Waals surface area contributed by atoms with Crippen molar-refractivity contribution in [3.8, 4) is 0 Å². The molecule has 0 radical (unpaired) electrons. The zero-order chi connectivity index (χ0) is 15.0. The molecule has 0 aliphatic heterocycles. The average Bonchev–Trinajstić information content (AvgIpc) is 3.04. The largest absolute Gasteiger partial charge is 0.477 e. The van der Waals surface area contributed by atoms with Gasteiger partial charge in [-0.2, -0.15) is 0 Å². The van der Waals surface area contributed by atoms with Crippen molar-refractivity contribution in [2.75, 3.05) is 0 Å². The molecular weight excluding hydrogens is 284 g/mol. The molecule has 108 valence electrons. The van der Waals surface area contributed by atoms with Gasteiger partial charge in [0.25, 0.3) is 0 Å². The van der Waals surface area contributed by atoms with Crippen LogP contribution >= 0.6 is 11.3 Å². The van der Waals surface area contributed by atoms with Gasteiger partial charge in [-0.3, -0.25) is 0 Å². The first-order valence-electron chi connectivity index (χ1n) is 6.82. The first-order chi connectivity index (χ1) is 10.1. The van der Waals surface area contributed by atoms with Crippen molar-refractivity contribution in [3.05, 3.63) is 52.9 Å². The summed E-state index contributed by atoms with van der Waals surface area (Å²) in [6.45, 7) is 4.71. The fourth-order valence-corrected chi connectivity index (χ4v) is 3.61. The Bertz CT molecular complexity index is 802. The molecule has 2 aromatic heterocycles. The minimum Gasteiger partial charge on any atom is -0.477 e. The number of rotatable bonds is 4. The van der Waals surface area contributed by atoms with Gasteiger partial charge in [0, 0.05) is 28.6 Å². The Balaban J connectivity index is 2.13. The van der Waals surface area contributed by atoms with Crippen molar-refractivity contribution in [2.45, 2.75) is 26.3 Å². The molecule has 0 atom stereocenters. The lowest BCUT2D eigenvalue weighted by Gasteiger charge is -2.10. The van der Waals surface area contributed by atoms with Crippen LogP contribution in [0.5, 0.6) is 0 Å². The predicted octanol–water partition coefficient (Wildman–Crippen LogP) is 3.97. The second-order valence-electron chi connectivity index (χ2n) is 5.28. The number of nitrogens with zero attached hydrogens (tertiary/aromatic N) is 2. The molecule has 2 heterocycles. The summed E-state index contributed by atoms with van der Waals surface area (Å²) in [6.07, 6.45) is 3.68. The molecule has 1 aromatic carbocycles. The van der Waals surface area contributed by atoms with E-state index in [0.29, 0.717) is 17.3 Å². The SMILES string of the molecule is CC(C)c1nccn1Cc1c(C(=O)O)sc2ccccc12. The van der Waals surface area contributed by atoms with Crippen LogP contribution in [-0.2, 0) is 6.54 Å². The van der Waals surface area contributed by atoms with Gasteiger partial charge < -0.3 is 9.67 Å². The molecular formula is C16H16N2O2S. The van der Waals surface area contributed by atoms with Crippen LogP contribution in [0.4, 0.5) is 0 Å². The molecule has 0 amide bonds. The molecule has 21 heavy (non-hydrogen) atoms. The summed E-state index contributed by atoms with van der Waals surface area (Å²) >= 11 is 1.33. The van der Waals surface area contributed by atoms with E-state index in [-0.39, 0.29) is 0 Å². The Morgan fingerprint density at radius 2 is 2.14 bits per heavy atom. The molecule has 0 aliphatic carbocycles. The standard InChI is InChI=1S/C16H16N2O2S/c1-10(2)15-17-7-8-18(15)9-12-11-5-3-4-6-13(11)21-14(12)16(19)20/h3-8,10H,9H2,1-2H3,(H,19,20). The number of fused-ring (bicyclic) bond motifs is 1. The van der Waals surface area contributed by atoms with Crippen LogP contribution in [-0.4, -0.2) is 20.6 Å². The fraction of sp³-hybridized carbons (Fsp3) is 0.250. The lowest BCUT2D eigenvalue weighted by atomic mass is 10.1. The van der Waals surface area contributed by atoms with Crippen molar-refractivity contribution in [1.82, 2.24) is 9.55 Å². The van der Waals surface area contributed by atoms with Crippen LogP contribution in [0.25, 0.3) is 10.1 Å². The Hall–Kier alpha value is -2.14. The van der Waals surface area contributed by atoms with E-state index in [1.54, 1.807) is 6.20 Å². The van der Waals surface area contributed by atoms with E-state index < -0.39 is 5.97 Å². The second kappa shape index (κ2) is 5.33. The third-order valence-corrected chi connectivity index (χ3v) is 4.69. The number of aromatic nitrogens is 2. The molecule has 0 spiro atoms. The number of hydrogen-bond acceptors (Lipinski definition) is 3. The quantitative estimate of drug-likeness (QED) is 0.793. The van der Waals surface area contributed by atoms with Crippen LogP contribution < -0.4 is 0 Å². The van der Waals surface area contributed by atoms with Gasteiger partial charge in [-0.05, 0) is 11.5 Å². The van der Waals surface area contributed by atoms with Crippen molar-refractivity contribution in [3.63, 3.8) is 0 Å². The summed E-state index contributed by atoms with van der Waals surface area (Å²) in [5.41, 5.74) is 0.864. The Morgan fingerprint density at radius 1 is 1.38 bits per heavy atom. The summed E-state index contributed by atoms with van der Waals surface area (Å²) in [5, 5.41) is 10.5. The van der Waals surface area contributed by atoms with Gasteiger partial charge in [-0.15, -0.1) is 11.3 Å². The number of benzene rings is 1. The number of carbonyl (C=O) groups is 1. The van der Waals surface area contributed by atoms with E-state index in [1.807, 2.05) is 35.0 Å². The molecule has 0 aliphatic rings. The molecule has 1 N–H and O–H groups in total. The maximum atomic E-state index is 11.5. The van der Waals surface area contributed by atoms with Gasteiger partial charge in [-0.25, -0.2) is 9.78 Å². The summed E-state index contributed by atoms with van der Waals surface area (Å²) < 4.78 is 3.04. The second-order valence-corrected chi connectivity index (χ2v) is 6.33. The third kappa shape index (κ3) is 2.45. The zero-order valence-corrected chi connectivity index (χ0v) is 12.7. The van der Waals surface area contributed by atoms with Crippen LogP contribution in [0.3, 0.4) is 0 Å². The van der Waals surface area contributed by atoms with E-state index in [4.69, 9.17) is 0 Å². The van der Waals surface area contributed by atoms with Crippen molar-refractivity contribution >= 4 is 27.4 Å². The highest BCUT2D eigenvalue weighted by Gasteiger charge is 2.19. The van der Waals surface area contributed by atoms with Gasteiger partial charge in [0.2, 0.25) is 0 Å². The Labute approximate surface area is 126 Å². The summed E-state index contributed by atoms with van der Waals surface area (Å²) in [5.74, 6) is 0.414. The average molecular weight is 300 g/mol. The van der Waals surface area contributed by atoms with Gasteiger partial charge >= 0.3 is 5.97 Å². The fourth-order valence-electron chi connectivity index (χ4n) is 2.55. The molecule has 5 heteroatoms. The number of aromatic carboxylic acids is 1. The summed E-state index contributed by atoms with van der Waals surface area (Å²) in [4.78, 5) is 16.3. The number of imidazole rings is 1. The van der Waals surface area contributed by atoms with Crippen molar-refractivity contribution < 1.29 is 9.90 Å². The van der Waals surface area contributed by atoms with Gasteiger partial charge in [0.05, 0.1) is 6.54 Å². The molecule has 3 aromatic rings. The highest BCUT2D eigenvalue weighted by molar-refractivity contribution is 7.21. The maximum Gasteiger partial charge on any atom is 0.346 e. The van der Waals surface area contributed by atoms with E-state index in [0.717, 1.165) is 21.5 Å². The van der Waals surface area contributed by atoms with Gasteiger partial charge in [0.1, 0.15) is 10.7 Å². The van der Waals surface area contributed by atoms with Crippen LogP contribution in [0.2, 0.25) is 0 Å². The number of hydrogen-bond donors (Lipinski definition) is 1. The molecule has 0 saturated carbocycles. The van der Waals surface area contributed by atoms with Crippen LogP contribution in [0, 0.1) is 0 Å². The predicted molar refractivity (Wildman–Crippen MR) is 84.2 cm³/mol. The van der Waals surface area contributed by atoms with Gasteiger partial charge in [0.15, 0.2) is 0 Å². The first-order valence-corrected chi connectivity index (χ1v) is 7.64. The number of carboxylic acids is 1. The molecule has 0 saturated heterocycles. The highest BCUT2D eigenvalue weighted by Crippen LogP contribution is 2.32. The molecule has 4 nitrogen and oxygen atoms in total. The van der Waals surface area contributed by atoms with Crippen LogP contribution in [0.15, 0.2) is 36.7 Å². The maximum absolute atomic E-state index is 11.5.